The Morgan fingerprint density at radius 3 is 2.59 bits per heavy atom. The third-order valence-corrected chi connectivity index (χ3v) is 8.04. The van der Waals surface area contributed by atoms with Gasteiger partial charge in [0.05, 0.1) is 17.2 Å². The molecule has 3 atom stereocenters. The third kappa shape index (κ3) is 6.14. The SMILES string of the molecule is CC(=O)OCC1=C(C(=O)[O-])N2C(=O)[C@@H](NC(=O)C(NC(=O)c3cnc4cccnc4c3O)c3ccc(O)c(O)c3)[C@H]2SC1.[Na+]. The number of aliphatic carboxylic acids is 1. The summed E-state index contributed by atoms with van der Waals surface area (Å²) in [6.07, 6.45) is 2.48. The normalized spacial score (nSPS) is 17.9. The summed E-state index contributed by atoms with van der Waals surface area (Å²) in [5, 5.41) is 46.4. The van der Waals surface area contributed by atoms with Gasteiger partial charge in [-0.3, -0.25) is 34.0 Å². The Balaban J connectivity index is 0.00000442. The number of ether oxygens (including phenoxy) is 1. The summed E-state index contributed by atoms with van der Waals surface area (Å²) in [7, 11) is 0. The van der Waals surface area contributed by atoms with Gasteiger partial charge in [0.25, 0.3) is 11.8 Å². The molecule has 0 bridgehead atoms. The van der Waals surface area contributed by atoms with Crippen molar-refractivity contribution in [2.45, 2.75) is 24.4 Å². The number of carboxylic acid groups (broad SMARTS) is 1. The molecule has 17 heteroatoms. The fourth-order valence-electron chi connectivity index (χ4n) is 4.61. The van der Waals surface area contributed by atoms with E-state index in [4.69, 9.17) is 4.74 Å². The molecule has 222 valence electrons. The Labute approximate surface area is 274 Å². The molecular formula is C27H22N5NaO10S. The zero-order chi connectivity index (χ0) is 31.0. The second kappa shape index (κ2) is 13.1. The van der Waals surface area contributed by atoms with Crippen LogP contribution < -0.4 is 45.3 Å². The molecule has 1 saturated heterocycles. The number of carboxylic acids is 1. The second-order valence-corrected chi connectivity index (χ2v) is 10.6. The van der Waals surface area contributed by atoms with E-state index in [0.717, 1.165) is 41.9 Å². The number of phenols is 2. The molecule has 44 heavy (non-hydrogen) atoms. The summed E-state index contributed by atoms with van der Waals surface area (Å²) in [6.45, 7) is 0.791. The minimum absolute atomic E-state index is 0. The summed E-state index contributed by atoms with van der Waals surface area (Å²) >= 11 is 1.11. The van der Waals surface area contributed by atoms with Gasteiger partial charge in [0.1, 0.15) is 35.1 Å². The number of hydrogen-bond acceptors (Lipinski definition) is 13. The predicted octanol–water partition coefficient (Wildman–Crippen LogP) is -3.81. The maximum absolute atomic E-state index is 13.5. The molecule has 1 aromatic carbocycles. The van der Waals surface area contributed by atoms with Gasteiger partial charge in [-0.1, -0.05) is 6.07 Å². The summed E-state index contributed by atoms with van der Waals surface area (Å²) in [4.78, 5) is 72.0. The van der Waals surface area contributed by atoms with Crippen LogP contribution in [-0.4, -0.2) is 83.6 Å². The van der Waals surface area contributed by atoms with Crippen LogP contribution in [0.3, 0.4) is 0 Å². The average Bonchev–Trinajstić information content (AvgIpc) is 2.98. The minimum Gasteiger partial charge on any atom is -0.543 e. The fraction of sp³-hybridized carbons (Fsp3) is 0.222. The molecule has 1 fully saturated rings. The van der Waals surface area contributed by atoms with E-state index in [1.165, 1.54) is 12.3 Å². The molecule has 3 aromatic rings. The molecular weight excluding hydrogens is 609 g/mol. The number of fused-ring (bicyclic) bond motifs is 2. The molecule has 3 amide bonds. The average molecular weight is 632 g/mol. The van der Waals surface area contributed by atoms with Crippen molar-refractivity contribution in [2.75, 3.05) is 12.4 Å². The summed E-state index contributed by atoms with van der Waals surface area (Å²) in [6, 6.07) is 3.75. The Morgan fingerprint density at radius 2 is 1.91 bits per heavy atom. The number of benzene rings is 1. The Hall–Kier alpha value is -4.38. The number of β-lactam (4-membered cyclic amide) rings is 1. The standard InChI is InChI=1S/C27H23N5O10S.Na/c1-11(33)42-9-13-10-43-26-20(25(39)32(26)21(13)27(40)41)31-24(38)18(12-4-5-16(34)17(35)7-12)30-23(37)14-8-29-15-3-2-6-28-19(15)22(14)36;/h2-8,18,20,26,34-35H,9-10H2,1H3,(H,29,36)(H,30,37)(H,31,38)(H,40,41);/q;+1/p-1/t18?,20-,26-;/m1./s1. The van der Waals surface area contributed by atoms with Crippen LogP contribution in [0.5, 0.6) is 17.2 Å². The van der Waals surface area contributed by atoms with Gasteiger partial charge in [-0.15, -0.1) is 11.8 Å². The Morgan fingerprint density at radius 1 is 1.16 bits per heavy atom. The number of nitrogens with zero attached hydrogens (tertiary/aromatic N) is 3. The van der Waals surface area contributed by atoms with E-state index in [1.54, 1.807) is 12.1 Å². The van der Waals surface area contributed by atoms with Crippen molar-refractivity contribution in [3.05, 3.63) is 65.1 Å². The zero-order valence-electron chi connectivity index (χ0n) is 23.1. The number of phenolic OH excluding ortho intramolecular Hbond substituents is 2. The number of esters is 1. The number of carbonyl (C=O) groups excluding carboxylic acids is 5. The maximum Gasteiger partial charge on any atom is 1.00 e. The number of aromatic hydroxyl groups is 3. The van der Waals surface area contributed by atoms with Crippen molar-refractivity contribution in [3.8, 4) is 17.2 Å². The molecule has 0 aliphatic carbocycles. The molecule has 2 aromatic heterocycles. The van der Waals surface area contributed by atoms with Crippen molar-refractivity contribution in [1.82, 2.24) is 25.5 Å². The molecule has 0 saturated carbocycles. The first kappa shape index (κ1) is 32.5. The van der Waals surface area contributed by atoms with Crippen LogP contribution in [0.2, 0.25) is 0 Å². The first-order chi connectivity index (χ1) is 20.5. The molecule has 0 spiro atoms. The molecule has 2 aliphatic rings. The van der Waals surface area contributed by atoms with Crippen molar-refractivity contribution < 1.29 is 78.7 Å². The third-order valence-electron chi connectivity index (χ3n) is 6.70. The van der Waals surface area contributed by atoms with Crippen molar-refractivity contribution in [2.24, 2.45) is 0 Å². The van der Waals surface area contributed by atoms with Crippen molar-refractivity contribution in [3.63, 3.8) is 0 Å². The molecule has 4 heterocycles. The van der Waals surface area contributed by atoms with Gasteiger partial charge < -0.3 is 40.6 Å². The van der Waals surface area contributed by atoms with Gasteiger partial charge in [0.2, 0.25) is 5.91 Å². The smallest absolute Gasteiger partial charge is 0.543 e. The summed E-state index contributed by atoms with van der Waals surface area (Å²) < 4.78 is 4.89. The fourth-order valence-corrected chi connectivity index (χ4v) is 5.94. The van der Waals surface area contributed by atoms with Gasteiger partial charge in [-0.05, 0) is 29.8 Å². The van der Waals surface area contributed by atoms with E-state index in [2.05, 4.69) is 20.6 Å². The van der Waals surface area contributed by atoms with Crippen LogP contribution >= 0.6 is 11.8 Å². The van der Waals surface area contributed by atoms with Gasteiger partial charge in [0, 0.05) is 30.6 Å². The van der Waals surface area contributed by atoms with E-state index in [9.17, 15) is 44.4 Å². The van der Waals surface area contributed by atoms with E-state index in [-0.39, 0.29) is 64.1 Å². The number of carbonyl (C=O) groups is 5. The first-order valence-corrected chi connectivity index (χ1v) is 13.6. The number of nitrogens with one attached hydrogen (secondary N) is 2. The van der Waals surface area contributed by atoms with Crippen molar-refractivity contribution >= 4 is 52.5 Å². The first-order valence-electron chi connectivity index (χ1n) is 12.5. The summed E-state index contributed by atoms with van der Waals surface area (Å²) in [5.41, 5.74) is -0.262. The number of rotatable bonds is 8. The maximum atomic E-state index is 13.5. The number of aromatic nitrogens is 2. The number of pyridine rings is 2. The predicted molar refractivity (Wildman–Crippen MR) is 145 cm³/mol. The van der Waals surface area contributed by atoms with Gasteiger partial charge in [0.15, 0.2) is 17.2 Å². The largest absolute Gasteiger partial charge is 1.00 e. The van der Waals surface area contributed by atoms with Gasteiger partial charge >= 0.3 is 35.5 Å². The van der Waals surface area contributed by atoms with E-state index in [0.29, 0.717) is 5.52 Å². The van der Waals surface area contributed by atoms with E-state index >= 15 is 0 Å². The van der Waals surface area contributed by atoms with Gasteiger partial charge in [-0.25, -0.2) is 0 Å². The van der Waals surface area contributed by atoms with Crippen LogP contribution in [0.25, 0.3) is 11.0 Å². The molecule has 5 rings (SSSR count). The topological polar surface area (TPSA) is 231 Å². The molecule has 5 N–H and O–H groups in total. The van der Waals surface area contributed by atoms with Crippen LogP contribution in [0.15, 0.2) is 54.0 Å². The van der Waals surface area contributed by atoms with Crippen LogP contribution in [-0.2, 0) is 23.9 Å². The molecule has 15 nitrogen and oxygen atoms in total. The Bertz CT molecular complexity index is 1730. The number of thioether (sulfide) groups is 1. The van der Waals surface area contributed by atoms with Crippen molar-refractivity contribution in [1.29, 1.82) is 0 Å². The monoisotopic (exact) mass is 631 g/mol. The quantitative estimate of drug-likeness (QED) is 0.0696. The molecule has 2 aliphatic heterocycles. The number of hydrogen-bond donors (Lipinski definition) is 5. The molecule has 0 radical (unpaired) electrons. The van der Waals surface area contributed by atoms with E-state index in [1.807, 2.05) is 0 Å². The zero-order valence-corrected chi connectivity index (χ0v) is 26.0. The second-order valence-electron chi connectivity index (χ2n) is 9.46. The Kier molecular flexibility index (Phi) is 9.68. The minimum atomic E-state index is -1.66. The van der Waals surface area contributed by atoms with Gasteiger partial charge in [-0.2, -0.15) is 0 Å². The molecule has 1 unspecified atom stereocenters. The number of amides is 3. The van der Waals surface area contributed by atoms with E-state index < -0.39 is 70.1 Å². The van der Waals surface area contributed by atoms with Crippen LogP contribution in [0.4, 0.5) is 0 Å². The summed E-state index contributed by atoms with van der Waals surface area (Å²) in [5.74, 6) is -6.48. The van der Waals surface area contributed by atoms with Crippen LogP contribution in [0.1, 0.15) is 28.9 Å². The van der Waals surface area contributed by atoms with Crippen LogP contribution in [0, 0.1) is 0 Å².